The van der Waals surface area contributed by atoms with E-state index in [9.17, 15) is 9.59 Å². The lowest BCUT2D eigenvalue weighted by Gasteiger charge is -2.25. The molecule has 2 heterocycles. The molecule has 37 heavy (non-hydrogen) atoms. The molecule has 0 bridgehead atoms. The molecule has 1 atom stereocenters. The fourth-order valence-electron chi connectivity index (χ4n) is 4.10. The minimum absolute atomic E-state index is 0.277. The monoisotopic (exact) mass is 586 g/mol. The van der Waals surface area contributed by atoms with Gasteiger partial charge in [0, 0.05) is 11.6 Å². The minimum Gasteiger partial charge on any atom is -0.497 e. The Hall–Kier alpha value is -3.37. The van der Waals surface area contributed by atoms with Gasteiger partial charge >= 0.3 is 5.97 Å². The summed E-state index contributed by atoms with van der Waals surface area (Å²) >= 11 is 4.74. The quantitative estimate of drug-likeness (QED) is 0.389. The van der Waals surface area contributed by atoms with Gasteiger partial charge in [0.2, 0.25) is 0 Å². The normalized spacial score (nSPS) is 15.4. The maximum atomic E-state index is 13.8. The number of methoxy groups -OCH3 is 3. The molecule has 10 heteroatoms. The van der Waals surface area contributed by atoms with Crippen LogP contribution >= 0.6 is 27.3 Å². The highest BCUT2D eigenvalue weighted by Gasteiger charge is 2.33. The molecule has 1 aliphatic rings. The van der Waals surface area contributed by atoms with Gasteiger partial charge in [-0.2, -0.15) is 0 Å². The van der Waals surface area contributed by atoms with Crippen molar-refractivity contribution in [2.75, 3.05) is 21.3 Å². The Balaban J connectivity index is 1.95. The number of fused-ring (bicyclic) bond motifs is 1. The molecule has 0 amide bonds. The molecule has 0 saturated heterocycles. The maximum absolute atomic E-state index is 13.8. The summed E-state index contributed by atoms with van der Waals surface area (Å²) in [5, 5.41) is 0. The Kier molecular flexibility index (Phi) is 7.89. The van der Waals surface area contributed by atoms with Crippen molar-refractivity contribution in [2.45, 2.75) is 32.9 Å². The van der Waals surface area contributed by atoms with Gasteiger partial charge < -0.3 is 18.9 Å². The average Bonchev–Trinajstić information content (AvgIpc) is 3.17. The molecule has 3 aromatic rings. The summed E-state index contributed by atoms with van der Waals surface area (Å²) in [5.74, 6) is 1.32. The van der Waals surface area contributed by atoms with Gasteiger partial charge in [-0.15, -0.1) is 0 Å². The van der Waals surface area contributed by atoms with E-state index in [-0.39, 0.29) is 11.7 Å². The van der Waals surface area contributed by atoms with E-state index < -0.39 is 12.0 Å². The summed E-state index contributed by atoms with van der Waals surface area (Å²) in [6.45, 7) is 5.33. The van der Waals surface area contributed by atoms with Crippen molar-refractivity contribution in [1.82, 2.24) is 4.57 Å². The second kappa shape index (κ2) is 10.9. The van der Waals surface area contributed by atoms with Crippen molar-refractivity contribution in [1.29, 1.82) is 0 Å². The number of hydrogen-bond donors (Lipinski definition) is 0. The first-order chi connectivity index (χ1) is 17.7. The predicted octanol–water partition coefficient (Wildman–Crippen LogP) is 3.98. The van der Waals surface area contributed by atoms with Crippen LogP contribution in [0.25, 0.3) is 6.08 Å². The largest absolute Gasteiger partial charge is 0.497 e. The van der Waals surface area contributed by atoms with Crippen LogP contribution in [0.1, 0.15) is 37.9 Å². The lowest BCUT2D eigenvalue weighted by Crippen LogP contribution is -2.40. The van der Waals surface area contributed by atoms with Gasteiger partial charge in [0.15, 0.2) is 4.80 Å². The number of allylic oxidation sites excluding steroid dienone is 1. The number of hydrogen-bond acceptors (Lipinski definition) is 8. The van der Waals surface area contributed by atoms with Crippen molar-refractivity contribution in [3.05, 3.63) is 83.0 Å². The Bertz CT molecular complexity index is 1550. The Morgan fingerprint density at radius 3 is 2.35 bits per heavy atom. The lowest BCUT2D eigenvalue weighted by atomic mass is 9.96. The smallest absolute Gasteiger partial charge is 0.338 e. The van der Waals surface area contributed by atoms with Gasteiger partial charge in [0.25, 0.3) is 5.56 Å². The summed E-state index contributed by atoms with van der Waals surface area (Å²) in [4.78, 5) is 32.2. The van der Waals surface area contributed by atoms with Gasteiger partial charge in [-0.1, -0.05) is 23.5 Å². The summed E-state index contributed by atoms with van der Waals surface area (Å²) in [7, 11) is 4.71. The van der Waals surface area contributed by atoms with Crippen molar-refractivity contribution in [3.8, 4) is 17.2 Å². The summed E-state index contributed by atoms with van der Waals surface area (Å²) in [5.41, 5.74) is 1.98. The van der Waals surface area contributed by atoms with Crippen molar-refractivity contribution >= 4 is 39.3 Å². The standard InChI is InChI=1S/C27H27BrN2O6S/c1-14(2)36-26(32)23-15(3)29-27-30(24(23)16-7-9-18(33-4)10-8-16)25(31)22(37-27)12-17-11-19(28)21(35-6)13-20(17)34-5/h7-14,24H,1-6H3/b22-12-. The number of esters is 1. The first kappa shape index (κ1) is 26.7. The number of ether oxygens (including phenoxy) is 4. The van der Waals surface area contributed by atoms with E-state index in [0.717, 1.165) is 10.0 Å². The first-order valence-electron chi connectivity index (χ1n) is 11.5. The molecule has 0 saturated carbocycles. The number of carbonyl (C=O) groups excluding carboxylic acids is 1. The van der Waals surface area contributed by atoms with E-state index in [1.807, 2.05) is 18.2 Å². The minimum atomic E-state index is -0.708. The van der Waals surface area contributed by atoms with Gasteiger partial charge in [-0.25, -0.2) is 9.79 Å². The molecule has 0 radical (unpaired) electrons. The van der Waals surface area contributed by atoms with Crippen LogP contribution in [0.5, 0.6) is 17.2 Å². The van der Waals surface area contributed by atoms with Gasteiger partial charge in [-0.05, 0) is 66.5 Å². The number of halogens is 1. The second-order valence-electron chi connectivity index (χ2n) is 8.54. The highest BCUT2D eigenvalue weighted by Crippen LogP contribution is 2.34. The third kappa shape index (κ3) is 5.21. The zero-order valence-electron chi connectivity index (χ0n) is 21.3. The van der Waals surface area contributed by atoms with Crippen LogP contribution in [0.4, 0.5) is 0 Å². The van der Waals surface area contributed by atoms with E-state index in [1.54, 1.807) is 70.9 Å². The highest BCUT2D eigenvalue weighted by molar-refractivity contribution is 9.10. The van der Waals surface area contributed by atoms with Gasteiger partial charge in [0.1, 0.15) is 17.2 Å². The van der Waals surface area contributed by atoms with Crippen LogP contribution in [-0.2, 0) is 9.53 Å². The lowest BCUT2D eigenvalue weighted by molar-refractivity contribution is -0.143. The molecular weight excluding hydrogens is 560 g/mol. The molecule has 0 fully saturated rings. The average molecular weight is 587 g/mol. The predicted molar refractivity (Wildman–Crippen MR) is 145 cm³/mol. The fraction of sp³-hybridized carbons (Fsp3) is 0.296. The van der Waals surface area contributed by atoms with E-state index in [4.69, 9.17) is 18.9 Å². The van der Waals surface area contributed by atoms with Crippen LogP contribution in [0.3, 0.4) is 0 Å². The molecule has 2 aromatic carbocycles. The number of benzene rings is 2. The number of aromatic nitrogens is 1. The zero-order valence-corrected chi connectivity index (χ0v) is 23.7. The zero-order chi connectivity index (χ0) is 26.9. The van der Waals surface area contributed by atoms with E-state index in [0.29, 0.717) is 43.4 Å². The van der Waals surface area contributed by atoms with Crippen molar-refractivity contribution in [2.24, 2.45) is 4.99 Å². The topological polar surface area (TPSA) is 88.4 Å². The summed E-state index contributed by atoms with van der Waals surface area (Å²) in [6.07, 6.45) is 1.43. The van der Waals surface area contributed by atoms with Crippen LogP contribution in [0.15, 0.2) is 61.9 Å². The molecule has 0 aliphatic carbocycles. The van der Waals surface area contributed by atoms with E-state index in [1.165, 1.54) is 11.3 Å². The number of carbonyl (C=O) groups is 1. The SMILES string of the molecule is COc1ccc(C2C(C(=O)OC(C)C)=C(C)N=c3s/c(=C\c4cc(Br)c(OC)cc4OC)c(=O)n32)cc1. The van der Waals surface area contributed by atoms with Crippen molar-refractivity contribution < 1.29 is 23.7 Å². The Labute approximate surface area is 226 Å². The molecule has 0 spiro atoms. The third-order valence-corrected chi connectivity index (χ3v) is 7.41. The van der Waals surface area contributed by atoms with Crippen molar-refractivity contribution in [3.63, 3.8) is 0 Å². The van der Waals surface area contributed by atoms with Crippen LogP contribution < -0.4 is 29.1 Å². The number of nitrogens with zero attached hydrogens (tertiary/aromatic N) is 2. The first-order valence-corrected chi connectivity index (χ1v) is 13.1. The number of rotatable bonds is 7. The van der Waals surface area contributed by atoms with Crippen LogP contribution in [0.2, 0.25) is 0 Å². The molecule has 8 nitrogen and oxygen atoms in total. The van der Waals surface area contributed by atoms with Gasteiger partial charge in [-0.3, -0.25) is 9.36 Å². The molecule has 1 aromatic heterocycles. The highest BCUT2D eigenvalue weighted by atomic mass is 79.9. The van der Waals surface area contributed by atoms with E-state index in [2.05, 4.69) is 20.9 Å². The van der Waals surface area contributed by atoms with E-state index >= 15 is 0 Å². The van der Waals surface area contributed by atoms with Gasteiger partial charge in [0.05, 0.1) is 53.8 Å². The third-order valence-electron chi connectivity index (χ3n) is 5.81. The van der Waals surface area contributed by atoms with Crippen LogP contribution in [-0.4, -0.2) is 38.0 Å². The second-order valence-corrected chi connectivity index (χ2v) is 10.4. The Morgan fingerprint density at radius 2 is 1.76 bits per heavy atom. The molecule has 1 aliphatic heterocycles. The Morgan fingerprint density at radius 1 is 1.08 bits per heavy atom. The van der Waals surface area contributed by atoms with Crippen LogP contribution in [0, 0.1) is 0 Å². The molecule has 4 rings (SSSR count). The fourth-order valence-corrected chi connectivity index (χ4v) is 5.66. The molecule has 194 valence electrons. The number of thiazole rings is 1. The molecular formula is C27H27BrN2O6S. The molecule has 0 N–H and O–H groups in total. The summed E-state index contributed by atoms with van der Waals surface area (Å²) in [6, 6.07) is 10.1. The molecule has 1 unspecified atom stereocenters. The summed E-state index contributed by atoms with van der Waals surface area (Å²) < 4.78 is 24.4. The maximum Gasteiger partial charge on any atom is 0.338 e.